The Morgan fingerprint density at radius 1 is 1.19 bits per heavy atom. The number of anilines is 1. The van der Waals surface area contributed by atoms with Crippen LogP contribution >= 0.6 is 11.6 Å². The minimum absolute atomic E-state index is 0.0186. The third-order valence-electron chi connectivity index (χ3n) is 4.29. The molecule has 0 unspecified atom stereocenters. The molecule has 1 heterocycles. The highest BCUT2D eigenvalue weighted by molar-refractivity contribution is 6.31. The minimum Gasteiger partial charge on any atom is -0.482 e. The Balaban J connectivity index is 1.46. The van der Waals surface area contributed by atoms with Gasteiger partial charge >= 0.3 is 0 Å². The number of carbonyl (C=O) groups excluding carboxylic acids is 1. The lowest BCUT2D eigenvalue weighted by molar-refractivity contribution is -0.121. The highest BCUT2D eigenvalue weighted by Crippen LogP contribution is 2.31. The fraction of sp³-hybridized carbons (Fsp3) is 0.300. The molecule has 0 bridgehead atoms. The molecule has 0 aromatic heterocycles. The molecule has 2 aromatic carbocycles. The number of nitrogens with zero attached hydrogens (tertiary/aromatic N) is 2. The van der Waals surface area contributed by atoms with Crippen molar-refractivity contribution in [3.8, 4) is 5.75 Å². The van der Waals surface area contributed by atoms with Gasteiger partial charge in [-0.15, -0.1) is 0 Å². The number of carbonyl (C=O) groups is 1. The van der Waals surface area contributed by atoms with Crippen LogP contribution in [-0.2, 0) is 11.3 Å². The fourth-order valence-corrected chi connectivity index (χ4v) is 3.09. The number of fused-ring (bicyclic) bond motifs is 1. The number of hydrogen-bond acceptors (Lipinski definition) is 3. The van der Waals surface area contributed by atoms with Crippen molar-refractivity contribution < 1.29 is 9.53 Å². The predicted octanol–water partition coefficient (Wildman–Crippen LogP) is 2.82. The summed E-state index contributed by atoms with van der Waals surface area (Å²) in [6.45, 7) is 1.99. The molecule has 3 rings (SSSR count). The fourth-order valence-electron chi connectivity index (χ4n) is 2.88. The molecule has 1 amide bonds. The summed E-state index contributed by atoms with van der Waals surface area (Å²) < 4.78 is 5.46. The van der Waals surface area contributed by atoms with Gasteiger partial charge < -0.3 is 20.3 Å². The van der Waals surface area contributed by atoms with Crippen LogP contribution in [0.15, 0.2) is 53.5 Å². The van der Waals surface area contributed by atoms with E-state index in [-0.39, 0.29) is 12.5 Å². The molecule has 1 aliphatic rings. The summed E-state index contributed by atoms with van der Waals surface area (Å²) in [6.07, 6.45) is 0.785. The van der Waals surface area contributed by atoms with Gasteiger partial charge in [-0.1, -0.05) is 41.9 Å². The Hall–Kier alpha value is -2.73. The van der Waals surface area contributed by atoms with E-state index in [2.05, 4.69) is 15.6 Å². The van der Waals surface area contributed by atoms with Crippen molar-refractivity contribution in [3.63, 3.8) is 0 Å². The number of hydrogen-bond donors (Lipinski definition) is 2. The van der Waals surface area contributed by atoms with E-state index in [0.29, 0.717) is 25.6 Å². The summed E-state index contributed by atoms with van der Waals surface area (Å²) in [4.78, 5) is 18.2. The van der Waals surface area contributed by atoms with E-state index >= 15 is 0 Å². The number of ether oxygens (including phenoxy) is 1. The van der Waals surface area contributed by atoms with Crippen LogP contribution in [-0.4, -0.2) is 38.6 Å². The largest absolute Gasteiger partial charge is 0.482 e. The third-order valence-corrected chi connectivity index (χ3v) is 4.66. The second kappa shape index (κ2) is 9.28. The van der Waals surface area contributed by atoms with Gasteiger partial charge in [0.25, 0.3) is 5.91 Å². The van der Waals surface area contributed by atoms with E-state index in [1.165, 1.54) is 0 Å². The van der Waals surface area contributed by atoms with Gasteiger partial charge in [-0.25, -0.2) is 0 Å². The lowest BCUT2D eigenvalue weighted by atomic mass is 10.2. The Morgan fingerprint density at radius 3 is 2.78 bits per heavy atom. The highest BCUT2D eigenvalue weighted by Gasteiger charge is 2.24. The molecule has 142 valence electrons. The molecule has 0 saturated heterocycles. The Kier molecular flexibility index (Phi) is 6.54. The number of aliphatic imine (C=N–C) groups is 1. The first-order chi connectivity index (χ1) is 13.2. The molecule has 1 aliphatic heterocycles. The Bertz CT molecular complexity index is 825. The minimum atomic E-state index is -0.0186. The van der Waals surface area contributed by atoms with Crippen LogP contribution in [0.25, 0.3) is 0 Å². The average Bonchev–Trinajstić information content (AvgIpc) is 2.70. The molecule has 0 radical (unpaired) electrons. The van der Waals surface area contributed by atoms with E-state index in [9.17, 15) is 4.79 Å². The number of benzene rings is 2. The van der Waals surface area contributed by atoms with Gasteiger partial charge in [-0.05, 0) is 30.2 Å². The number of guanidine groups is 1. The molecule has 27 heavy (non-hydrogen) atoms. The summed E-state index contributed by atoms with van der Waals surface area (Å²) in [7, 11) is 1.73. The summed E-state index contributed by atoms with van der Waals surface area (Å²) in [6, 6.07) is 15.3. The summed E-state index contributed by atoms with van der Waals surface area (Å²) in [5.41, 5.74) is 1.84. The molecule has 0 fully saturated rings. The van der Waals surface area contributed by atoms with Gasteiger partial charge in [0, 0.05) is 31.7 Å². The van der Waals surface area contributed by atoms with E-state index < -0.39 is 0 Å². The monoisotopic (exact) mass is 386 g/mol. The van der Waals surface area contributed by atoms with Crippen LogP contribution in [0, 0.1) is 0 Å². The number of amides is 1. The lowest BCUT2D eigenvalue weighted by Crippen LogP contribution is -2.42. The molecule has 6 nitrogen and oxygen atoms in total. The number of halogens is 1. The van der Waals surface area contributed by atoms with Crippen molar-refractivity contribution in [1.82, 2.24) is 10.6 Å². The standard InChI is InChI=1S/C20H23ClN4O2/c1-22-20(24-13-15-7-2-3-8-16(15)21)23-11-6-12-25-17-9-4-5-10-18(17)27-14-19(25)26/h2-5,7-10H,6,11-14H2,1H3,(H2,22,23,24). The lowest BCUT2D eigenvalue weighted by Gasteiger charge is -2.29. The number of para-hydroxylation sites is 2. The van der Waals surface area contributed by atoms with Gasteiger partial charge in [-0.3, -0.25) is 9.79 Å². The van der Waals surface area contributed by atoms with Crippen LogP contribution in [0.4, 0.5) is 5.69 Å². The molecule has 0 atom stereocenters. The van der Waals surface area contributed by atoms with Crippen LogP contribution < -0.4 is 20.3 Å². The first kappa shape index (κ1) is 19.0. The van der Waals surface area contributed by atoms with Crippen molar-refractivity contribution in [2.75, 3.05) is 31.6 Å². The maximum absolute atomic E-state index is 12.2. The first-order valence-corrected chi connectivity index (χ1v) is 9.27. The normalized spacial score (nSPS) is 13.8. The van der Waals surface area contributed by atoms with Crippen LogP contribution in [0.2, 0.25) is 5.02 Å². The van der Waals surface area contributed by atoms with Crippen LogP contribution in [0.5, 0.6) is 5.75 Å². The predicted molar refractivity (Wildman–Crippen MR) is 109 cm³/mol. The molecule has 0 aliphatic carbocycles. The van der Waals surface area contributed by atoms with Gasteiger partial charge in [0.1, 0.15) is 5.75 Å². The van der Waals surface area contributed by atoms with E-state index in [4.69, 9.17) is 16.3 Å². The molecular weight excluding hydrogens is 364 g/mol. The molecular formula is C20H23ClN4O2. The van der Waals surface area contributed by atoms with Gasteiger partial charge in [0.05, 0.1) is 5.69 Å². The molecule has 7 heteroatoms. The van der Waals surface area contributed by atoms with Crippen molar-refractivity contribution in [2.24, 2.45) is 4.99 Å². The molecule has 2 N–H and O–H groups in total. The van der Waals surface area contributed by atoms with Crippen molar-refractivity contribution in [3.05, 3.63) is 59.1 Å². The van der Waals surface area contributed by atoms with E-state index in [0.717, 1.165) is 28.4 Å². The Labute approximate surface area is 164 Å². The maximum atomic E-state index is 12.2. The van der Waals surface area contributed by atoms with Crippen LogP contribution in [0.3, 0.4) is 0 Å². The number of nitrogens with one attached hydrogen (secondary N) is 2. The summed E-state index contributed by atoms with van der Waals surface area (Å²) in [5, 5.41) is 7.23. The average molecular weight is 387 g/mol. The van der Waals surface area contributed by atoms with Gasteiger partial charge in [-0.2, -0.15) is 0 Å². The summed E-state index contributed by atoms with van der Waals surface area (Å²) in [5.74, 6) is 1.43. The molecule has 2 aromatic rings. The highest BCUT2D eigenvalue weighted by atomic mass is 35.5. The SMILES string of the molecule is CN=C(NCCCN1C(=O)COc2ccccc21)NCc1ccccc1Cl. The topological polar surface area (TPSA) is 66.0 Å². The second-order valence-electron chi connectivity index (χ2n) is 6.10. The van der Waals surface area contributed by atoms with Crippen LogP contribution in [0.1, 0.15) is 12.0 Å². The Morgan fingerprint density at radius 2 is 1.96 bits per heavy atom. The zero-order chi connectivity index (χ0) is 19.1. The number of rotatable bonds is 6. The van der Waals surface area contributed by atoms with Crippen molar-refractivity contribution in [2.45, 2.75) is 13.0 Å². The quantitative estimate of drug-likeness (QED) is 0.455. The maximum Gasteiger partial charge on any atom is 0.265 e. The van der Waals surface area contributed by atoms with E-state index in [1.807, 2.05) is 48.5 Å². The van der Waals surface area contributed by atoms with E-state index in [1.54, 1.807) is 11.9 Å². The molecule has 0 saturated carbocycles. The van der Waals surface area contributed by atoms with Gasteiger partial charge in [0.15, 0.2) is 12.6 Å². The first-order valence-electron chi connectivity index (χ1n) is 8.89. The smallest absolute Gasteiger partial charge is 0.265 e. The summed E-state index contributed by atoms with van der Waals surface area (Å²) >= 11 is 6.17. The zero-order valence-electron chi connectivity index (χ0n) is 15.2. The zero-order valence-corrected chi connectivity index (χ0v) is 16.0. The second-order valence-corrected chi connectivity index (χ2v) is 6.51. The van der Waals surface area contributed by atoms with Crippen molar-refractivity contribution in [1.29, 1.82) is 0 Å². The molecule has 0 spiro atoms. The van der Waals surface area contributed by atoms with Crippen molar-refractivity contribution >= 4 is 29.2 Å². The van der Waals surface area contributed by atoms with Gasteiger partial charge in [0.2, 0.25) is 0 Å². The third kappa shape index (κ3) is 4.92.